The maximum atomic E-state index is 14.2. The summed E-state index contributed by atoms with van der Waals surface area (Å²) in [6, 6.07) is 4.10. The highest BCUT2D eigenvalue weighted by atomic mass is 32.2. The van der Waals surface area contributed by atoms with Gasteiger partial charge in [-0.1, -0.05) is 11.2 Å². The van der Waals surface area contributed by atoms with Crippen molar-refractivity contribution in [2.45, 2.75) is 49.5 Å². The first kappa shape index (κ1) is 29.2. The van der Waals surface area contributed by atoms with Crippen molar-refractivity contribution < 1.29 is 40.2 Å². The maximum Gasteiger partial charge on any atom is 0.282 e. The molecule has 0 radical (unpaired) electrons. The standard InChI is InChI=1S/C25H23F6N5O3S2/c1-41(38)20-9-35(21(37)10-36-18(24(30)31)7-16(33-36)23(28)29)6-5-12(20)25-32-17(11-40-25)15-8-19(39-34-15)22-13(26)3-2-4-14(22)27/h2-4,7,11-12,19-20,23-24H,5-6,8-10H2,1H3. The summed E-state index contributed by atoms with van der Waals surface area (Å²) in [6.45, 7) is -0.434. The van der Waals surface area contributed by atoms with Crippen LogP contribution in [0.3, 0.4) is 0 Å². The average molecular weight is 620 g/mol. The van der Waals surface area contributed by atoms with E-state index in [1.165, 1.54) is 28.6 Å². The van der Waals surface area contributed by atoms with E-state index in [0.29, 0.717) is 33.6 Å². The summed E-state index contributed by atoms with van der Waals surface area (Å²) in [5.74, 6) is -2.41. The molecule has 1 amide bonds. The van der Waals surface area contributed by atoms with Crippen LogP contribution >= 0.6 is 11.3 Å². The quantitative estimate of drug-likeness (QED) is 0.327. The molecule has 2 aromatic heterocycles. The van der Waals surface area contributed by atoms with Crippen LogP contribution in [0.5, 0.6) is 0 Å². The summed E-state index contributed by atoms with van der Waals surface area (Å²) < 4.78 is 94.3. The Labute approximate surface area is 236 Å². The van der Waals surface area contributed by atoms with E-state index in [2.05, 4.69) is 15.2 Å². The van der Waals surface area contributed by atoms with Crippen molar-refractivity contribution in [3.8, 4) is 0 Å². The van der Waals surface area contributed by atoms with Crippen LogP contribution in [0, 0.1) is 11.6 Å². The average Bonchev–Trinajstić information content (AvgIpc) is 3.68. The van der Waals surface area contributed by atoms with Crippen LogP contribution in [0.15, 0.2) is 34.8 Å². The Balaban J connectivity index is 1.27. The Hall–Kier alpha value is -3.27. The lowest BCUT2D eigenvalue weighted by Crippen LogP contribution is -2.48. The number of oxime groups is 1. The summed E-state index contributed by atoms with van der Waals surface area (Å²) in [7, 11) is -1.42. The van der Waals surface area contributed by atoms with E-state index in [4.69, 9.17) is 4.84 Å². The van der Waals surface area contributed by atoms with Crippen LogP contribution in [-0.2, 0) is 27.0 Å². The lowest BCUT2D eigenvalue weighted by atomic mass is 9.96. The van der Waals surface area contributed by atoms with Gasteiger partial charge in [-0.3, -0.25) is 13.7 Å². The normalized spacial score (nSPS) is 21.8. The number of rotatable bonds is 8. The first-order valence-corrected chi connectivity index (χ1v) is 14.9. The minimum atomic E-state index is -3.10. The molecule has 0 spiro atoms. The minimum Gasteiger partial charge on any atom is -0.387 e. The number of likely N-dealkylation sites (tertiary alicyclic amines) is 1. The maximum absolute atomic E-state index is 14.2. The summed E-state index contributed by atoms with van der Waals surface area (Å²) in [6.07, 6.45) is -5.17. The fraction of sp³-hybridized carbons (Fsp3) is 0.440. The highest BCUT2D eigenvalue weighted by Gasteiger charge is 2.38. The number of thiazole rings is 1. The number of alkyl halides is 4. The number of carbonyl (C=O) groups excluding carboxylic acids is 1. The van der Waals surface area contributed by atoms with Gasteiger partial charge < -0.3 is 9.74 Å². The second kappa shape index (κ2) is 11.9. The fourth-order valence-corrected chi connectivity index (χ4v) is 7.18. The van der Waals surface area contributed by atoms with Crippen LogP contribution in [0.25, 0.3) is 0 Å². The summed E-state index contributed by atoms with van der Waals surface area (Å²) in [5.41, 5.74) is -0.994. The molecule has 5 rings (SSSR count). The number of aromatic nitrogens is 3. The van der Waals surface area contributed by atoms with Crippen molar-refractivity contribution in [1.29, 1.82) is 0 Å². The molecule has 1 fully saturated rings. The van der Waals surface area contributed by atoms with Crippen LogP contribution in [0.4, 0.5) is 26.3 Å². The smallest absolute Gasteiger partial charge is 0.282 e. The number of nitrogens with zero attached hydrogens (tertiary/aromatic N) is 5. The van der Waals surface area contributed by atoms with Gasteiger partial charge in [0.1, 0.15) is 35.3 Å². The molecule has 1 saturated heterocycles. The Bertz CT molecular complexity index is 1480. The fourth-order valence-electron chi connectivity index (χ4n) is 4.94. The van der Waals surface area contributed by atoms with Crippen molar-refractivity contribution in [3.63, 3.8) is 0 Å². The molecule has 16 heteroatoms. The Kier molecular flexibility index (Phi) is 8.50. The van der Waals surface area contributed by atoms with Gasteiger partial charge in [0.25, 0.3) is 12.9 Å². The van der Waals surface area contributed by atoms with Crippen molar-refractivity contribution in [3.05, 3.63) is 68.9 Å². The third kappa shape index (κ3) is 6.03. The van der Waals surface area contributed by atoms with Gasteiger partial charge in [0.15, 0.2) is 6.10 Å². The predicted octanol–water partition coefficient (Wildman–Crippen LogP) is 5.12. The van der Waals surface area contributed by atoms with E-state index in [0.717, 1.165) is 12.1 Å². The van der Waals surface area contributed by atoms with Crippen molar-refractivity contribution in [1.82, 2.24) is 19.7 Å². The van der Waals surface area contributed by atoms with Crippen molar-refractivity contribution in [2.75, 3.05) is 19.3 Å². The molecule has 3 aromatic rings. The summed E-state index contributed by atoms with van der Waals surface area (Å²) >= 11 is 1.29. The third-order valence-corrected chi connectivity index (χ3v) is 9.33. The van der Waals surface area contributed by atoms with E-state index in [9.17, 15) is 35.3 Å². The molecular weight excluding hydrogens is 596 g/mol. The second-order valence-electron chi connectivity index (χ2n) is 9.57. The second-order valence-corrected chi connectivity index (χ2v) is 12.1. The topological polar surface area (TPSA) is 89.7 Å². The van der Waals surface area contributed by atoms with Crippen LogP contribution in [0.2, 0.25) is 0 Å². The molecule has 1 aromatic carbocycles. The lowest BCUT2D eigenvalue weighted by molar-refractivity contribution is -0.133. The molecule has 2 aliphatic rings. The predicted molar refractivity (Wildman–Crippen MR) is 137 cm³/mol. The molecular formula is C25H23F6N5O3S2. The number of carbonyl (C=O) groups is 1. The van der Waals surface area contributed by atoms with Gasteiger partial charge >= 0.3 is 0 Å². The molecule has 8 nitrogen and oxygen atoms in total. The van der Waals surface area contributed by atoms with Crippen molar-refractivity contribution >= 4 is 33.8 Å². The van der Waals surface area contributed by atoms with Gasteiger partial charge in [0.05, 0.1) is 21.5 Å². The molecule has 0 bridgehead atoms. The van der Waals surface area contributed by atoms with E-state index < -0.39 is 70.5 Å². The van der Waals surface area contributed by atoms with Gasteiger partial charge in [-0.15, -0.1) is 11.3 Å². The Morgan fingerprint density at radius 3 is 2.59 bits per heavy atom. The largest absolute Gasteiger partial charge is 0.387 e. The molecule has 220 valence electrons. The number of piperidine rings is 1. The van der Waals surface area contributed by atoms with E-state index >= 15 is 0 Å². The Morgan fingerprint density at radius 2 is 1.93 bits per heavy atom. The molecule has 0 saturated carbocycles. The molecule has 4 unspecified atom stereocenters. The summed E-state index contributed by atoms with van der Waals surface area (Å²) in [4.78, 5) is 24.2. The number of hydrogen-bond acceptors (Lipinski definition) is 7. The monoisotopic (exact) mass is 619 g/mol. The zero-order chi connectivity index (χ0) is 29.4. The lowest BCUT2D eigenvalue weighted by Gasteiger charge is -2.36. The van der Waals surface area contributed by atoms with E-state index in [-0.39, 0.29) is 31.0 Å². The zero-order valence-electron chi connectivity index (χ0n) is 21.4. The molecule has 4 heterocycles. The number of amides is 1. The first-order chi connectivity index (χ1) is 19.5. The number of hydrogen-bond donors (Lipinski definition) is 0. The highest BCUT2D eigenvalue weighted by molar-refractivity contribution is 7.85. The van der Waals surface area contributed by atoms with Crippen LogP contribution < -0.4 is 0 Å². The SMILES string of the molecule is CS(=O)C1CN(C(=O)Cn2nc(C(F)F)cc2C(F)F)CCC1c1nc(C2=NOC(c3c(F)cccc3F)C2)cs1. The Morgan fingerprint density at radius 1 is 1.20 bits per heavy atom. The first-order valence-electron chi connectivity index (χ1n) is 12.4. The van der Waals surface area contributed by atoms with Crippen LogP contribution in [0.1, 0.15) is 65.4 Å². The highest BCUT2D eigenvalue weighted by Crippen LogP contribution is 2.36. The number of benzene rings is 1. The molecule has 0 aliphatic carbocycles. The van der Waals surface area contributed by atoms with Gasteiger partial charge in [-0.25, -0.2) is 31.3 Å². The van der Waals surface area contributed by atoms with Gasteiger partial charge in [0.2, 0.25) is 5.91 Å². The van der Waals surface area contributed by atoms with Gasteiger partial charge in [-0.2, -0.15) is 5.10 Å². The molecule has 0 N–H and O–H groups in total. The summed E-state index contributed by atoms with van der Waals surface area (Å²) in [5, 5.41) is 9.24. The zero-order valence-corrected chi connectivity index (χ0v) is 23.0. The third-order valence-electron chi connectivity index (χ3n) is 7.03. The molecule has 41 heavy (non-hydrogen) atoms. The van der Waals surface area contributed by atoms with E-state index in [1.807, 2.05) is 0 Å². The van der Waals surface area contributed by atoms with Gasteiger partial charge in [-0.05, 0) is 24.6 Å². The van der Waals surface area contributed by atoms with Gasteiger partial charge in [0, 0.05) is 47.9 Å². The molecule has 4 atom stereocenters. The van der Waals surface area contributed by atoms with E-state index in [1.54, 1.807) is 5.38 Å². The molecule has 2 aliphatic heterocycles. The van der Waals surface area contributed by atoms with Crippen LogP contribution in [-0.4, -0.2) is 60.1 Å². The minimum absolute atomic E-state index is 0.0349. The number of halogens is 6. The van der Waals surface area contributed by atoms with Crippen molar-refractivity contribution in [2.24, 2.45) is 5.16 Å².